The van der Waals surface area contributed by atoms with Gasteiger partial charge >= 0.3 is 0 Å². The molecule has 1 aliphatic rings. The Kier molecular flexibility index (Phi) is 7.09. The number of para-hydroxylation sites is 1. The molecule has 3 heterocycles. The number of imide groups is 1. The highest BCUT2D eigenvalue weighted by Crippen LogP contribution is 2.34. The largest absolute Gasteiger partial charge is 0.492 e. The zero-order valence-electron chi connectivity index (χ0n) is 19.6. The summed E-state index contributed by atoms with van der Waals surface area (Å²) in [4.78, 5) is 39.4. The number of thioether (sulfide) groups is 1. The fourth-order valence-corrected chi connectivity index (χ4v) is 4.81. The Balaban J connectivity index is 1.28. The molecule has 1 saturated heterocycles. The van der Waals surface area contributed by atoms with Gasteiger partial charge in [0.15, 0.2) is 0 Å². The number of aromatic nitrogens is 1. The van der Waals surface area contributed by atoms with Gasteiger partial charge in [-0.2, -0.15) is 0 Å². The zero-order valence-corrected chi connectivity index (χ0v) is 20.4. The Labute approximate surface area is 215 Å². The van der Waals surface area contributed by atoms with Crippen LogP contribution in [0, 0.1) is 5.82 Å². The smallest absolute Gasteiger partial charge is 0.293 e. The van der Waals surface area contributed by atoms with E-state index in [-0.39, 0.29) is 48.1 Å². The number of furan rings is 1. The summed E-state index contributed by atoms with van der Waals surface area (Å²) in [7, 11) is 0. The normalized spacial score (nSPS) is 14.6. The summed E-state index contributed by atoms with van der Waals surface area (Å²) in [5, 5.41) is 3.29. The maximum atomic E-state index is 13.0. The highest BCUT2D eigenvalue weighted by molar-refractivity contribution is 8.18. The summed E-state index contributed by atoms with van der Waals surface area (Å²) in [5.41, 5.74) is 1.55. The molecule has 3 amide bonds. The average molecular weight is 520 g/mol. The predicted octanol–water partition coefficient (Wildman–Crippen LogP) is 4.81. The quantitative estimate of drug-likeness (QED) is 0.319. The Bertz CT molecular complexity index is 1480. The number of hydrogen-bond donors (Lipinski definition) is 1. The van der Waals surface area contributed by atoms with Gasteiger partial charge in [0, 0.05) is 22.7 Å². The fraction of sp³-hybridized carbons (Fsp3) is 0.148. The lowest BCUT2D eigenvalue weighted by atomic mass is 10.1. The Hall–Kier alpha value is -4.31. The second kappa shape index (κ2) is 10.8. The van der Waals surface area contributed by atoms with Crippen molar-refractivity contribution in [3.05, 3.63) is 95.2 Å². The number of nitrogens with one attached hydrogen (secondary N) is 1. The lowest BCUT2D eigenvalue weighted by molar-refractivity contribution is -0.123. The zero-order chi connectivity index (χ0) is 25.8. The van der Waals surface area contributed by atoms with E-state index in [1.165, 1.54) is 24.3 Å². The molecule has 0 aliphatic carbocycles. The van der Waals surface area contributed by atoms with Crippen LogP contribution in [0.1, 0.15) is 11.3 Å². The van der Waals surface area contributed by atoms with Crippen LogP contribution in [0.4, 0.5) is 9.18 Å². The van der Waals surface area contributed by atoms with Gasteiger partial charge < -0.3 is 19.0 Å². The van der Waals surface area contributed by atoms with E-state index in [1.807, 2.05) is 24.3 Å². The number of nitrogens with zero attached hydrogens (tertiary/aromatic N) is 2. The highest BCUT2D eigenvalue weighted by atomic mass is 32.2. The van der Waals surface area contributed by atoms with E-state index in [1.54, 1.807) is 35.2 Å². The molecule has 1 aliphatic heterocycles. The second-order valence-electron chi connectivity index (χ2n) is 8.22. The maximum absolute atomic E-state index is 13.0. The van der Waals surface area contributed by atoms with Crippen LogP contribution >= 0.6 is 11.8 Å². The fourth-order valence-electron chi connectivity index (χ4n) is 3.95. The Morgan fingerprint density at radius 1 is 1.08 bits per heavy atom. The van der Waals surface area contributed by atoms with Crippen LogP contribution in [0.5, 0.6) is 5.75 Å². The van der Waals surface area contributed by atoms with Crippen molar-refractivity contribution >= 4 is 45.8 Å². The van der Waals surface area contributed by atoms with E-state index in [9.17, 15) is 18.8 Å². The molecule has 10 heteroatoms. The van der Waals surface area contributed by atoms with Crippen LogP contribution in [0.25, 0.3) is 17.0 Å². The molecule has 188 valence electrons. The molecule has 0 atom stereocenters. The van der Waals surface area contributed by atoms with Crippen molar-refractivity contribution < 1.29 is 27.9 Å². The number of amides is 3. The topological polar surface area (TPSA) is 93.8 Å². The van der Waals surface area contributed by atoms with Crippen molar-refractivity contribution in [2.45, 2.75) is 13.1 Å². The SMILES string of the molecule is O=C(Cn1cc(/C=C2\SC(=O)N(CCOc3ccc(F)cc3)C2=O)c2ccccc21)NCc1ccco1. The molecule has 0 saturated carbocycles. The molecule has 2 aromatic heterocycles. The first-order valence-corrected chi connectivity index (χ1v) is 12.3. The summed E-state index contributed by atoms with van der Waals surface area (Å²) >= 11 is 0.858. The Morgan fingerprint density at radius 2 is 1.89 bits per heavy atom. The van der Waals surface area contributed by atoms with Gasteiger partial charge in [-0.1, -0.05) is 18.2 Å². The maximum Gasteiger partial charge on any atom is 0.293 e. The lowest BCUT2D eigenvalue weighted by Gasteiger charge is -2.13. The number of carbonyl (C=O) groups excluding carboxylic acids is 3. The number of ether oxygens (including phenoxy) is 1. The van der Waals surface area contributed by atoms with Crippen molar-refractivity contribution in [3.63, 3.8) is 0 Å². The van der Waals surface area contributed by atoms with Crippen LogP contribution in [0.2, 0.25) is 0 Å². The molecular weight excluding hydrogens is 497 g/mol. The molecule has 0 unspecified atom stereocenters. The summed E-state index contributed by atoms with van der Waals surface area (Å²) in [6.45, 7) is 0.521. The van der Waals surface area contributed by atoms with Crippen molar-refractivity contribution in [3.8, 4) is 5.75 Å². The van der Waals surface area contributed by atoms with Gasteiger partial charge in [0.25, 0.3) is 11.1 Å². The van der Waals surface area contributed by atoms with Crippen molar-refractivity contribution in [1.29, 1.82) is 0 Å². The Morgan fingerprint density at radius 3 is 2.68 bits per heavy atom. The molecule has 0 radical (unpaired) electrons. The highest BCUT2D eigenvalue weighted by Gasteiger charge is 2.35. The van der Waals surface area contributed by atoms with Crippen molar-refractivity contribution in [2.24, 2.45) is 0 Å². The third-order valence-electron chi connectivity index (χ3n) is 5.73. The third-order valence-corrected chi connectivity index (χ3v) is 6.64. The third kappa shape index (κ3) is 5.59. The van der Waals surface area contributed by atoms with Crippen LogP contribution in [0.3, 0.4) is 0 Å². The van der Waals surface area contributed by atoms with Crippen LogP contribution < -0.4 is 10.1 Å². The number of fused-ring (bicyclic) bond motifs is 1. The number of rotatable bonds is 9. The van der Waals surface area contributed by atoms with Crippen LogP contribution in [-0.4, -0.2) is 39.7 Å². The predicted molar refractivity (Wildman–Crippen MR) is 137 cm³/mol. The molecule has 0 bridgehead atoms. The average Bonchev–Trinajstić information content (AvgIpc) is 3.60. The van der Waals surface area contributed by atoms with Crippen molar-refractivity contribution in [1.82, 2.24) is 14.8 Å². The van der Waals surface area contributed by atoms with Gasteiger partial charge in [0.05, 0.1) is 24.3 Å². The number of halogens is 1. The first-order valence-electron chi connectivity index (χ1n) is 11.5. The van der Waals surface area contributed by atoms with Gasteiger partial charge in [-0.05, 0) is 60.3 Å². The number of hydrogen-bond acceptors (Lipinski definition) is 6. The van der Waals surface area contributed by atoms with Gasteiger partial charge in [-0.25, -0.2) is 4.39 Å². The summed E-state index contributed by atoms with van der Waals surface area (Å²) < 4.78 is 25.6. The monoisotopic (exact) mass is 519 g/mol. The van der Waals surface area contributed by atoms with E-state index in [2.05, 4.69) is 5.32 Å². The minimum Gasteiger partial charge on any atom is -0.492 e. The molecule has 0 spiro atoms. The molecule has 8 nitrogen and oxygen atoms in total. The van der Waals surface area contributed by atoms with E-state index < -0.39 is 5.91 Å². The van der Waals surface area contributed by atoms with E-state index in [0.717, 1.165) is 33.1 Å². The minimum absolute atomic E-state index is 0.0665. The van der Waals surface area contributed by atoms with Gasteiger partial charge in [0.2, 0.25) is 5.91 Å². The number of benzene rings is 2. The molecule has 1 fully saturated rings. The standard InChI is InChI=1S/C27H22FN3O5S/c28-19-7-9-20(10-8-19)36-13-11-31-26(33)24(37-27(31)34)14-18-16-30(23-6-2-1-5-22(18)23)17-25(32)29-15-21-4-3-12-35-21/h1-10,12,14,16H,11,13,15,17H2,(H,29,32)/b24-14-. The first kappa shape index (κ1) is 24.4. The van der Waals surface area contributed by atoms with Gasteiger partial charge in [0.1, 0.15) is 30.5 Å². The van der Waals surface area contributed by atoms with Gasteiger partial charge in [-0.15, -0.1) is 0 Å². The summed E-state index contributed by atoms with van der Waals surface area (Å²) in [5.74, 6) is 0.130. The summed E-state index contributed by atoms with van der Waals surface area (Å²) in [6.07, 6.45) is 5.02. The van der Waals surface area contributed by atoms with E-state index in [4.69, 9.17) is 9.15 Å². The van der Waals surface area contributed by atoms with E-state index >= 15 is 0 Å². The molecule has 1 N–H and O–H groups in total. The minimum atomic E-state index is -0.411. The first-order chi connectivity index (χ1) is 18.0. The van der Waals surface area contributed by atoms with Crippen molar-refractivity contribution in [2.75, 3.05) is 13.2 Å². The van der Waals surface area contributed by atoms with E-state index in [0.29, 0.717) is 11.5 Å². The molecule has 4 aromatic rings. The second-order valence-corrected chi connectivity index (χ2v) is 9.21. The number of carbonyl (C=O) groups is 3. The molecule has 5 rings (SSSR count). The van der Waals surface area contributed by atoms with Crippen LogP contribution in [0.15, 0.2) is 82.4 Å². The van der Waals surface area contributed by atoms with Crippen LogP contribution in [-0.2, 0) is 22.7 Å². The van der Waals surface area contributed by atoms with Gasteiger partial charge in [-0.3, -0.25) is 19.3 Å². The summed E-state index contributed by atoms with van der Waals surface area (Å²) in [6, 6.07) is 16.6. The molecule has 2 aromatic carbocycles. The molecule has 37 heavy (non-hydrogen) atoms. The lowest BCUT2D eigenvalue weighted by Crippen LogP contribution is -2.32. The molecular formula is C27H22FN3O5S.